The van der Waals surface area contributed by atoms with Gasteiger partial charge in [-0.3, -0.25) is 4.79 Å². The van der Waals surface area contributed by atoms with Crippen LogP contribution in [0, 0.1) is 6.92 Å². The fourth-order valence-electron chi connectivity index (χ4n) is 1.87. The van der Waals surface area contributed by atoms with E-state index in [4.69, 9.17) is 5.11 Å². The lowest BCUT2D eigenvalue weighted by Crippen LogP contribution is -2.23. The van der Waals surface area contributed by atoms with Crippen LogP contribution in [0.2, 0.25) is 0 Å². The summed E-state index contributed by atoms with van der Waals surface area (Å²) in [5, 5.41) is 21.5. The van der Waals surface area contributed by atoms with E-state index in [0.717, 1.165) is 15.6 Å². The molecule has 0 aliphatic heterocycles. The molecule has 0 spiro atoms. The van der Waals surface area contributed by atoms with Gasteiger partial charge >= 0.3 is 5.97 Å². The van der Waals surface area contributed by atoms with Crippen LogP contribution in [0.5, 0.6) is 0 Å². The Hall–Kier alpha value is -2.28. The fraction of sp³-hybridized carbons (Fsp3) is 0.333. The molecule has 1 aromatic carbocycles. The molecule has 1 heterocycles. The summed E-state index contributed by atoms with van der Waals surface area (Å²) in [4.78, 5) is 23.2. The molecule has 0 fully saturated rings. The largest absolute Gasteiger partial charge is 0.478 e. The number of rotatable bonds is 5. The highest BCUT2D eigenvalue weighted by molar-refractivity contribution is 7.11. The molecular formula is C15H17N3O3S. The third kappa shape index (κ3) is 3.88. The van der Waals surface area contributed by atoms with E-state index in [0.29, 0.717) is 11.5 Å². The molecule has 0 radical (unpaired) electrons. The van der Waals surface area contributed by atoms with Gasteiger partial charge in [-0.25, -0.2) is 4.79 Å². The number of aryl methyl sites for hydroxylation is 1. The lowest BCUT2D eigenvalue weighted by molar-refractivity contribution is 0.0696. The number of benzene rings is 1. The monoisotopic (exact) mass is 319 g/mol. The maximum absolute atomic E-state index is 12.1. The van der Waals surface area contributed by atoms with E-state index in [1.807, 2.05) is 13.8 Å². The van der Waals surface area contributed by atoms with E-state index >= 15 is 0 Å². The third-order valence-corrected chi connectivity index (χ3v) is 4.19. The van der Waals surface area contributed by atoms with E-state index < -0.39 is 5.97 Å². The van der Waals surface area contributed by atoms with Gasteiger partial charge in [-0.05, 0) is 30.7 Å². The summed E-state index contributed by atoms with van der Waals surface area (Å²) in [6, 6.07) is 4.55. The van der Waals surface area contributed by atoms with E-state index in [-0.39, 0.29) is 18.0 Å². The van der Waals surface area contributed by atoms with Crippen LogP contribution in [-0.4, -0.2) is 27.2 Å². The zero-order valence-corrected chi connectivity index (χ0v) is 13.4. The first-order valence-electron chi connectivity index (χ1n) is 6.82. The second-order valence-electron chi connectivity index (χ2n) is 5.26. The molecule has 0 bridgehead atoms. The lowest BCUT2D eigenvalue weighted by Gasteiger charge is -2.05. The molecule has 2 N–H and O–H groups in total. The van der Waals surface area contributed by atoms with Crippen molar-refractivity contribution < 1.29 is 14.7 Å². The molecule has 22 heavy (non-hydrogen) atoms. The Morgan fingerprint density at radius 1 is 1.23 bits per heavy atom. The van der Waals surface area contributed by atoms with Crippen molar-refractivity contribution in [2.75, 3.05) is 0 Å². The first-order chi connectivity index (χ1) is 10.4. The van der Waals surface area contributed by atoms with Gasteiger partial charge in [-0.15, -0.1) is 10.2 Å². The minimum atomic E-state index is -1.05. The van der Waals surface area contributed by atoms with Gasteiger partial charge in [-0.2, -0.15) is 0 Å². The number of amides is 1. The van der Waals surface area contributed by atoms with Crippen LogP contribution < -0.4 is 5.32 Å². The smallest absolute Gasteiger partial charge is 0.335 e. The van der Waals surface area contributed by atoms with Gasteiger partial charge < -0.3 is 10.4 Å². The maximum Gasteiger partial charge on any atom is 0.335 e. The number of nitrogens with one attached hydrogen (secondary N) is 1. The molecule has 0 aliphatic rings. The van der Waals surface area contributed by atoms with Gasteiger partial charge in [0.25, 0.3) is 5.91 Å². The Bertz CT molecular complexity index is 710. The summed E-state index contributed by atoms with van der Waals surface area (Å²) in [7, 11) is 0. The first-order valence-corrected chi connectivity index (χ1v) is 7.64. The fourth-order valence-corrected chi connectivity index (χ4v) is 2.65. The Morgan fingerprint density at radius 3 is 2.50 bits per heavy atom. The van der Waals surface area contributed by atoms with Crippen LogP contribution in [0.3, 0.4) is 0 Å². The standard InChI is InChI=1S/C15H17N3O3S/c1-8(2)14-18-17-12(22-14)7-16-13(19)10-4-9(3)5-11(6-10)15(20)21/h4-6,8H,7H2,1-3H3,(H,16,19)(H,20,21). The van der Waals surface area contributed by atoms with Crippen LogP contribution in [0.25, 0.3) is 0 Å². The predicted octanol–water partition coefficient (Wildman–Crippen LogP) is 2.60. The molecule has 0 aliphatic carbocycles. The Kier molecular flexibility index (Phi) is 4.87. The zero-order valence-electron chi connectivity index (χ0n) is 12.6. The molecule has 0 saturated heterocycles. The third-order valence-electron chi connectivity index (χ3n) is 2.96. The van der Waals surface area contributed by atoms with E-state index in [9.17, 15) is 9.59 Å². The number of carboxylic acids is 1. The van der Waals surface area contributed by atoms with Gasteiger partial charge in [0.05, 0.1) is 12.1 Å². The van der Waals surface area contributed by atoms with Crippen molar-refractivity contribution in [1.82, 2.24) is 15.5 Å². The predicted molar refractivity (Wildman–Crippen MR) is 83.3 cm³/mol. The lowest BCUT2D eigenvalue weighted by atomic mass is 10.1. The number of carbonyl (C=O) groups excluding carboxylic acids is 1. The highest BCUT2D eigenvalue weighted by atomic mass is 32.1. The van der Waals surface area contributed by atoms with Crippen LogP contribution in [0.15, 0.2) is 18.2 Å². The number of hydrogen-bond donors (Lipinski definition) is 2. The number of aromatic carboxylic acids is 1. The van der Waals surface area contributed by atoms with Crippen LogP contribution in [0.1, 0.15) is 56.1 Å². The Labute approximate surface area is 132 Å². The molecule has 1 aromatic heterocycles. The number of hydrogen-bond acceptors (Lipinski definition) is 5. The SMILES string of the molecule is Cc1cc(C(=O)O)cc(C(=O)NCc2nnc(C(C)C)s2)c1. The number of carboxylic acid groups (broad SMARTS) is 1. The zero-order chi connectivity index (χ0) is 16.3. The molecule has 0 atom stereocenters. The van der Waals surface area contributed by atoms with Gasteiger partial charge in [0.2, 0.25) is 0 Å². The average Bonchev–Trinajstić information content (AvgIpc) is 2.93. The van der Waals surface area contributed by atoms with E-state index in [2.05, 4.69) is 15.5 Å². The van der Waals surface area contributed by atoms with Crippen molar-refractivity contribution in [3.8, 4) is 0 Å². The highest BCUT2D eigenvalue weighted by Crippen LogP contribution is 2.18. The van der Waals surface area contributed by atoms with Crippen molar-refractivity contribution in [3.05, 3.63) is 44.9 Å². The van der Waals surface area contributed by atoms with Crippen LogP contribution in [0.4, 0.5) is 0 Å². The van der Waals surface area contributed by atoms with Gasteiger partial charge in [0.1, 0.15) is 10.0 Å². The summed E-state index contributed by atoms with van der Waals surface area (Å²) >= 11 is 1.46. The van der Waals surface area contributed by atoms with Crippen molar-refractivity contribution in [3.63, 3.8) is 0 Å². The van der Waals surface area contributed by atoms with Gasteiger partial charge in [0, 0.05) is 11.5 Å². The molecule has 2 aromatic rings. The molecule has 6 nitrogen and oxygen atoms in total. The summed E-state index contributed by atoms with van der Waals surface area (Å²) in [6.07, 6.45) is 0. The number of carbonyl (C=O) groups is 2. The minimum absolute atomic E-state index is 0.100. The van der Waals surface area contributed by atoms with Crippen molar-refractivity contribution in [2.24, 2.45) is 0 Å². The maximum atomic E-state index is 12.1. The quantitative estimate of drug-likeness (QED) is 0.883. The Balaban J connectivity index is 2.07. The summed E-state index contributed by atoms with van der Waals surface area (Å²) in [5.41, 5.74) is 1.15. The van der Waals surface area contributed by atoms with Crippen LogP contribution in [-0.2, 0) is 6.54 Å². The van der Waals surface area contributed by atoms with Crippen molar-refractivity contribution in [2.45, 2.75) is 33.2 Å². The molecule has 2 rings (SSSR count). The molecule has 7 heteroatoms. The summed E-state index contributed by atoms with van der Waals surface area (Å²) < 4.78 is 0. The summed E-state index contributed by atoms with van der Waals surface area (Å²) in [6.45, 7) is 6.09. The molecular weight excluding hydrogens is 302 g/mol. The highest BCUT2D eigenvalue weighted by Gasteiger charge is 2.13. The van der Waals surface area contributed by atoms with Crippen molar-refractivity contribution >= 4 is 23.2 Å². The average molecular weight is 319 g/mol. The number of nitrogens with zero attached hydrogens (tertiary/aromatic N) is 2. The summed E-state index contributed by atoms with van der Waals surface area (Å²) in [5.74, 6) is -1.08. The number of aromatic nitrogens is 2. The van der Waals surface area contributed by atoms with Gasteiger partial charge in [0.15, 0.2) is 0 Å². The minimum Gasteiger partial charge on any atom is -0.478 e. The topological polar surface area (TPSA) is 92.2 Å². The second kappa shape index (κ2) is 6.65. The molecule has 116 valence electrons. The van der Waals surface area contributed by atoms with E-state index in [1.54, 1.807) is 13.0 Å². The van der Waals surface area contributed by atoms with Gasteiger partial charge in [-0.1, -0.05) is 25.2 Å². The van der Waals surface area contributed by atoms with Crippen LogP contribution >= 0.6 is 11.3 Å². The van der Waals surface area contributed by atoms with E-state index in [1.165, 1.54) is 23.5 Å². The second-order valence-corrected chi connectivity index (χ2v) is 6.36. The molecule has 0 saturated carbocycles. The normalized spacial score (nSPS) is 10.7. The molecule has 1 amide bonds. The van der Waals surface area contributed by atoms with Crippen molar-refractivity contribution in [1.29, 1.82) is 0 Å². The first kappa shape index (κ1) is 16.1. The Morgan fingerprint density at radius 2 is 1.91 bits per heavy atom. The molecule has 0 unspecified atom stereocenters.